The van der Waals surface area contributed by atoms with Gasteiger partial charge in [0.2, 0.25) is 5.91 Å². The number of aromatic nitrogens is 2. The summed E-state index contributed by atoms with van der Waals surface area (Å²) in [6.45, 7) is 6.57. The lowest BCUT2D eigenvalue weighted by Crippen LogP contribution is -2.64. The average molecular weight is 739 g/mol. The molecule has 2 heterocycles. The molecule has 5 rings (SSSR count). The summed E-state index contributed by atoms with van der Waals surface area (Å²) >= 11 is 0. The van der Waals surface area contributed by atoms with Gasteiger partial charge in [-0.05, 0) is 69.7 Å². The van der Waals surface area contributed by atoms with Gasteiger partial charge in [0.1, 0.15) is 25.7 Å². The number of carbonyl (C=O) groups excluding carboxylic acids is 4. The maximum atomic E-state index is 14.4. The predicted octanol–water partition coefficient (Wildman–Crippen LogP) is 4.80. The third-order valence-electron chi connectivity index (χ3n) is 9.42. The molecule has 1 fully saturated rings. The minimum Gasteiger partial charge on any atom is -0.444 e. The molecule has 0 aliphatic carbocycles. The van der Waals surface area contributed by atoms with Crippen molar-refractivity contribution in [3.05, 3.63) is 126 Å². The minimum atomic E-state index is -1.54. The molecule has 1 aromatic heterocycles. The second-order valence-corrected chi connectivity index (χ2v) is 14.4. The van der Waals surface area contributed by atoms with Crippen LogP contribution in [0.3, 0.4) is 0 Å². The topological polar surface area (TPSA) is 169 Å². The first-order valence-electron chi connectivity index (χ1n) is 18.2. The molecule has 54 heavy (non-hydrogen) atoms. The maximum absolute atomic E-state index is 14.4. The van der Waals surface area contributed by atoms with Gasteiger partial charge in [-0.1, -0.05) is 91.0 Å². The molecule has 0 radical (unpaired) electrons. The van der Waals surface area contributed by atoms with Gasteiger partial charge in [-0.2, -0.15) is 0 Å². The van der Waals surface area contributed by atoms with Gasteiger partial charge in [-0.15, -0.1) is 0 Å². The van der Waals surface area contributed by atoms with Crippen molar-refractivity contribution in [2.24, 2.45) is 5.73 Å². The van der Waals surface area contributed by atoms with E-state index in [1.807, 2.05) is 87.5 Å². The molecule has 3 aromatic carbocycles. The first-order chi connectivity index (χ1) is 25.9. The SMILES string of the molecule is CC(C)(C)N1CCC[C@H]1C(=O)NC([C@H](O)CCc1ccccc1)N(C(=O)OCc1ccccc1)C(=O)[C@@H](N)Cc1cncn1C(=O)OCc1ccccc1. The number of carbonyl (C=O) groups is 4. The molecule has 13 heteroatoms. The number of aliphatic hydroxyl groups is 1. The first-order valence-corrected chi connectivity index (χ1v) is 18.2. The third kappa shape index (κ3) is 10.6. The van der Waals surface area contributed by atoms with E-state index >= 15 is 0 Å². The molecule has 4 atom stereocenters. The fraction of sp³-hybridized carbons (Fsp3) is 0.390. The summed E-state index contributed by atoms with van der Waals surface area (Å²) < 4.78 is 12.3. The smallest absolute Gasteiger partial charge is 0.419 e. The molecule has 1 unspecified atom stereocenters. The molecule has 0 bridgehead atoms. The molecule has 3 amide bonds. The summed E-state index contributed by atoms with van der Waals surface area (Å²) in [4.78, 5) is 62.5. The van der Waals surface area contributed by atoms with Crippen LogP contribution in [0.4, 0.5) is 9.59 Å². The van der Waals surface area contributed by atoms with Gasteiger partial charge < -0.3 is 25.6 Å². The van der Waals surface area contributed by atoms with Crippen LogP contribution in [0, 0.1) is 0 Å². The van der Waals surface area contributed by atoms with Gasteiger partial charge in [-0.25, -0.2) is 24.0 Å². The highest BCUT2D eigenvalue weighted by Gasteiger charge is 2.43. The van der Waals surface area contributed by atoms with Crippen LogP contribution in [0.1, 0.15) is 62.4 Å². The summed E-state index contributed by atoms with van der Waals surface area (Å²) in [6.07, 6.45) is -0.542. The molecule has 1 aliphatic rings. The van der Waals surface area contributed by atoms with Crippen molar-refractivity contribution in [2.75, 3.05) is 6.54 Å². The van der Waals surface area contributed by atoms with Crippen molar-refractivity contribution in [3.63, 3.8) is 0 Å². The first kappa shape index (κ1) is 39.8. The Morgan fingerprint density at radius 2 is 1.48 bits per heavy atom. The second-order valence-electron chi connectivity index (χ2n) is 14.4. The predicted molar refractivity (Wildman–Crippen MR) is 202 cm³/mol. The fourth-order valence-corrected chi connectivity index (χ4v) is 6.58. The van der Waals surface area contributed by atoms with Crippen molar-refractivity contribution in [3.8, 4) is 0 Å². The van der Waals surface area contributed by atoms with E-state index in [9.17, 15) is 24.3 Å². The largest absolute Gasteiger partial charge is 0.444 e. The van der Waals surface area contributed by atoms with E-state index in [1.54, 1.807) is 24.3 Å². The lowest BCUT2D eigenvalue weighted by Gasteiger charge is -2.39. The number of amides is 3. The van der Waals surface area contributed by atoms with Crippen LogP contribution in [-0.2, 0) is 45.1 Å². The minimum absolute atomic E-state index is 0.0131. The number of ether oxygens (including phenoxy) is 2. The zero-order valence-corrected chi connectivity index (χ0v) is 31.0. The quantitative estimate of drug-likeness (QED) is 0.153. The molecule has 4 N–H and O–H groups in total. The number of benzene rings is 3. The number of likely N-dealkylation sites (tertiary alicyclic amines) is 1. The van der Waals surface area contributed by atoms with Crippen molar-refractivity contribution in [2.45, 2.75) is 96.0 Å². The van der Waals surface area contributed by atoms with Crippen LogP contribution < -0.4 is 11.1 Å². The molecular formula is C41H50N6O7. The summed E-state index contributed by atoms with van der Waals surface area (Å²) in [5, 5.41) is 14.7. The third-order valence-corrected chi connectivity index (χ3v) is 9.42. The molecule has 1 saturated heterocycles. The Morgan fingerprint density at radius 1 is 0.907 bits per heavy atom. The highest BCUT2D eigenvalue weighted by Crippen LogP contribution is 2.27. The van der Waals surface area contributed by atoms with E-state index in [2.05, 4.69) is 15.2 Å². The number of aliphatic hydroxyl groups excluding tert-OH is 1. The molecule has 4 aromatic rings. The van der Waals surface area contributed by atoms with Crippen molar-refractivity contribution in [1.82, 2.24) is 24.7 Å². The Hall–Kier alpha value is -5.37. The number of rotatable bonds is 14. The summed E-state index contributed by atoms with van der Waals surface area (Å²) in [7, 11) is 0. The lowest BCUT2D eigenvalue weighted by atomic mass is 10.0. The summed E-state index contributed by atoms with van der Waals surface area (Å²) in [6, 6.07) is 25.5. The average Bonchev–Trinajstić information content (AvgIpc) is 3.87. The van der Waals surface area contributed by atoms with E-state index in [4.69, 9.17) is 15.2 Å². The number of hydrogen-bond acceptors (Lipinski definition) is 10. The van der Waals surface area contributed by atoms with Gasteiger partial charge in [-0.3, -0.25) is 14.5 Å². The van der Waals surface area contributed by atoms with Crippen LogP contribution in [0.2, 0.25) is 0 Å². The number of nitrogens with one attached hydrogen (secondary N) is 1. The lowest BCUT2D eigenvalue weighted by molar-refractivity contribution is -0.140. The highest BCUT2D eigenvalue weighted by atomic mass is 16.6. The number of nitrogens with zero attached hydrogens (tertiary/aromatic N) is 4. The monoisotopic (exact) mass is 738 g/mol. The second kappa shape index (κ2) is 18.6. The van der Waals surface area contributed by atoms with Gasteiger partial charge in [0, 0.05) is 18.2 Å². The van der Waals surface area contributed by atoms with Gasteiger partial charge in [0.25, 0.3) is 5.91 Å². The van der Waals surface area contributed by atoms with E-state index in [0.29, 0.717) is 29.8 Å². The summed E-state index contributed by atoms with van der Waals surface area (Å²) in [5.41, 5.74) is 8.82. The molecular weight excluding hydrogens is 688 g/mol. The van der Waals surface area contributed by atoms with Crippen molar-refractivity contribution < 1.29 is 33.8 Å². The Kier molecular flexibility index (Phi) is 13.7. The van der Waals surface area contributed by atoms with Crippen LogP contribution in [-0.4, -0.2) is 84.9 Å². The Labute approximate surface area is 316 Å². The standard InChI is InChI=1S/C41H50N6O7/c1-41(2,3)46-23-13-20-34(46)37(49)44-36(35(48)22-21-29-14-7-4-8-15-29)47(40(52)54-27-31-18-11-6-12-19-31)38(50)33(42)24-32-25-43-28-45(32)39(51)53-26-30-16-9-5-10-17-30/h4-12,14-19,25,28,33-36,48H,13,20-24,26-27,42H2,1-3H3,(H,44,49)/t33-,34-,35+,36?/m0/s1. The van der Waals surface area contributed by atoms with Crippen LogP contribution in [0.5, 0.6) is 0 Å². The molecule has 0 spiro atoms. The van der Waals surface area contributed by atoms with Crippen LogP contribution >= 0.6 is 0 Å². The van der Waals surface area contributed by atoms with E-state index < -0.39 is 48.4 Å². The zero-order valence-electron chi connectivity index (χ0n) is 31.0. The highest BCUT2D eigenvalue weighted by molar-refractivity contribution is 5.96. The van der Waals surface area contributed by atoms with Crippen LogP contribution in [0.15, 0.2) is 104 Å². The zero-order chi connectivity index (χ0) is 38.7. The Balaban J connectivity index is 1.42. The van der Waals surface area contributed by atoms with Crippen molar-refractivity contribution in [1.29, 1.82) is 0 Å². The number of nitrogens with two attached hydrogens (primary N) is 1. The van der Waals surface area contributed by atoms with Gasteiger partial charge >= 0.3 is 12.2 Å². The molecule has 13 nitrogen and oxygen atoms in total. The van der Waals surface area contributed by atoms with Crippen molar-refractivity contribution >= 4 is 24.0 Å². The normalized spacial score (nSPS) is 16.2. The van der Waals surface area contributed by atoms with Gasteiger partial charge in [0.15, 0.2) is 0 Å². The molecule has 286 valence electrons. The van der Waals surface area contributed by atoms with Crippen LogP contribution in [0.25, 0.3) is 0 Å². The Morgan fingerprint density at radius 3 is 2.07 bits per heavy atom. The summed E-state index contributed by atoms with van der Waals surface area (Å²) in [5.74, 6) is -1.37. The number of imide groups is 1. The van der Waals surface area contributed by atoms with E-state index in [-0.39, 0.29) is 37.3 Å². The fourth-order valence-electron chi connectivity index (χ4n) is 6.58. The molecule has 0 saturated carbocycles. The van der Waals surface area contributed by atoms with E-state index in [0.717, 1.165) is 22.1 Å². The maximum Gasteiger partial charge on any atom is 0.419 e. The van der Waals surface area contributed by atoms with Gasteiger partial charge in [0.05, 0.1) is 23.9 Å². The molecule has 1 aliphatic heterocycles. The number of aryl methyl sites for hydroxylation is 1. The van der Waals surface area contributed by atoms with E-state index in [1.165, 1.54) is 12.5 Å². The number of imidazole rings is 1. The Bertz CT molecular complexity index is 1830. The number of hydrogen-bond donors (Lipinski definition) is 3.